The monoisotopic (exact) mass is 455 g/mol. The Kier molecular flexibility index (Phi) is 6.29. The number of aromatic nitrogens is 4. The van der Waals surface area contributed by atoms with Crippen LogP contribution < -0.4 is 15.6 Å². The first-order valence-corrected chi connectivity index (χ1v) is 11.5. The topological polar surface area (TPSA) is 99.0 Å². The van der Waals surface area contributed by atoms with E-state index in [9.17, 15) is 9.59 Å². The molecular formula is C26H25N5O3. The molecule has 0 fully saturated rings. The zero-order valence-corrected chi connectivity index (χ0v) is 18.7. The van der Waals surface area contributed by atoms with Gasteiger partial charge >= 0.3 is 0 Å². The number of anilines is 1. The second-order valence-corrected chi connectivity index (χ2v) is 8.33. The van der Waals surface area contributed by atoms with Crippen molar-refractivity contribution < 1.29 is 9.53 Å². The average Bonchev–Trinajstić information content (AvgIpc) is 2.85. The number of benzene rings is 1. The van der Waals surface area contributed by atoms with Gasteiger partial charge in [-0.1, -0.05) is 12.8 Å². The van der Waals surface area contributed by atoms with Gasteiger partial charge in [-0.25, -0.2) is 9.97 Å². The molecule has 1 amide bonds. The molecule has 0 saturated carbocycles. The van der Waals surface area contributed by atoms with E-state index in [1.807, 2.05) is 12.1 Å². The summed E-state index contributed by atoms with van der Waals surface area (Å²) in [6, 6.07) is 12.2. The van der Waals surface area contributed by atoms with Crippen LogP contribution in [0.5, 0.6) is 5.75 Å². The third-order valence-corrected chi connectivity index (χ3v) is 5.97. The second-order valence-electron chi connectivity index (χ2n) is 8.33. The van der Waals surface area contributed by atoms with Crippen molar-refractivity contribution in [1.29, 1.82) is 0 Å². The summed E-state index contributed by atoms with van der Waals surface area (Å²) in [5.74, 6) is 1.24. The van der Waals surface area contributed by atoms with Gasteiger partial charge in [0.2, 0.25) is 0 Å². The van der Waals surface area contributed by atoms with Crippen molar-refractivity contribution in [3.8, 4) is 5.75 Å². The Morgan fingerprint density at radius 3 is 2.76 bits per heavy atom. The van der Waals surface area contributed by atoms with E-state index in [0.29, 0.717) is 41.2 Å². The molecule has 8 heteroatoms. The number of rotatable bonds is 5. The SMILES string of the molecule is O=C(Nc1ncccc1OCc1ccncc1)c1ccc2c(=O)n3c(nc2c1)CCCCCC3. The smallest absolute Gasteiger partial charge is 0.261 e. The molecule has 1 aliphatic rings. The summed E-state index contributed by atoms with van der Waals surface area (Å²) < 4.78 is 7.66. The molecule has 3 aromatic heterocycles. The third-order valence-electron chi connectivity index (χ3n) is 5.97. The lowest BCUT2D eigenvalue weighted by Crippen LogP contribution is -2.26. The lowest BCUT2D eigenvalue weighted by atomic mass is 10.1. The Morgan fingerprint density at radius 2 is 1.88 bits per heavy atom. The maximum Gasteiger partial charge on any atom is 0.261 e. The quantitative estimate of drug-likeness (QED) is 0.486. The van der Waals surface area contributed by atoms with Crippen molar-refractivity contribution in [2.45, 2.75) is 45.3 Å². The van der Waals surface area contributed by atoms with Gasteiger partial charge in [0.1, 0.15) is 12.4 Å². The van der Waals surface area contributed by atoms with Gasteiger partial charge in [0.15, 0.2) is 11.6 Å². The van der Waals surface area contributed by atoms with E-state index >= 15 is 0 Å². The zero-order valence-electron chi connectivity index (χ0n) is 18.7. The van der Waals surface area contributed by atoms with Gasteiger partial charge in [0, 0.05) is 37.1 Å². The number of carbonyl (C=O) groups excluding carboxylic acids is 1. The van der Waals surface area contributed by atoms with Crippen molar-refractivity contribution in [1.82, 2.24) is 19.5 Å². The molecule has 0 spiro atoms. The molecule has 4 heterocycles. The molecule has 0 unspecified atom stereocenters. The Hall–Kier alpha value is -4.07. The van der Waals surface area contributed by atoms with Gasteiger partial charge in [0.05, 0.1) is 10.9 Å². The highest BCUT2D eigenvalue weighted by Crippen LogP contribution is 2.23. The molecule has 0 aliphatic carbocycles. The number of hydrogen-bond acceptors (Lipinski definition) is 6. The van der Waals surface area contributed by atoms with Gasteiger partial charge in [0.25, 0.3) is 11.5 Å². The molecule has 0 bridgehead atoms. The number of fused-ring (bicyclic) bond motifs is 2. The molecule has 1 aliphatic heterocycles. The fourth-order valence-corrected chi connectivity index (χ4v) is 4.16. The van der Waals surface area contributed by atoms with Gasteiger partial charge in [-0.15, -0.1) is 0 Å². The van der Waals surface area contributed by atoms with Crippen LogP contribution in [-0.4, -0.2) is 25.4 Å². The van der Waals surface area contributed by atoms with E-state index < -0.39 is 0 Å². The summed E-state index contributed by atoms with van der Waals surface area (Å²) in [6.07, 6.45) is 10.0. The van der Waals surface area contributed by atoms with Crippen molar-refractivity contribution in [2.75, 3.05) is 5.32 Å². The second kappa shape index (κ2) is 9.82. The summed E-state index contributed by atoms with van der Waals surface area (Å²) in [6.45, 7) is 1.02. The van der Waals surface area contributed by atoms with Crippen LogP contribution in [0.25, 0.3) is 10.9 Å². The fourth-order valence-electron chi connectivity index (χ4n) is 4.16. The van der Waals surface area contributed by atoms with E-state index in [0.717, 1.165) is 43.5 Å². The van der Waals surface area contributed by atoms with E-state index in [1.165, 1.54) is 0 Å². The average molecular weight is 456 g/mol. The molecule has 0 atom stereocenters. The molecular weight excluding hydrogens is 430 g/mol. The van der Waals surface area contributed by atoms with Crippen LogP contribution in [0.3, 0.4) is 0 Å². The summed E-state index contributed by atoms with van der Waals surface area (Å²) in [4.78, 5) is 39.1. The van der Waals surface area contributed by atoms with Crippen LogP contribution in [-0.2, 0) is 19.6 Å². The van der Waals surface area contributed by atoms with Gasteiger partial charge < -0.3 is 10.1 Å². The third kappa shape index (κ3) is 4.66. The van der Waals surface area contributed by atoms with E-state index in [2.05, 4.69) is 15.3 Å². The maximum atomic E-state index is 13.0. The molecule has 172 valence electrons. The minimum atomic E-state index is -0.344. The maximum absolute atomic E-state index is 13.0. The highest BCUT2D eigenvalue weighted by molar-refractivity contribution is 6.06. The standard InChI is InChI=1S/C26H25N5O3/c32-25(30-24-22(6-5-12-28-24)34-17-18-10-13-27-14-11-18)19-8-9-20-21(16-19)29-23-7-3-1-2-4-15-31(23)26(20)33/h5-6,8-14,16H,1-4,7,15,17H2,(H,28,30,32). The Bertz CT molecular complexity index is 1380. The van der Waals surface area contributed by atoms with Gasteiger partial charge in [-0.3, -0.25) is 19.1 Å². The number of pyridine rings is 2. The molecule has 1 N–H and O–H groups in total. The van der Waals surface area contributed by atoms with Gasteiger partial charge in [-0.05, 0) is 60.9 Å². The molecule has 34 heavy (non-hydrogen) atoms. The largest absolute Gasteiger partial charge is 0.485 e. The lowest BCUT2D eigenvalue weighted by molar-refractivity contribution is 0.102. The number of aryl methyl sites for hydroxylation is 1. The van der Waals surface area contributed by atoms with Crippen LogP contribution in [0.4, 0.5) is 5.82 Å². The predicted molar refractivity (Wildman–Crippen MR) is 129 cm³/mol. The first-order chi connectivity index (χ1) is 16.7. The van der Waals surface area contributed by atoms with Crippen molar-refractivity contribution in [3.63, 3.8) is 0 Å². The number of ether oxygens (including phenoxy) is 1. The Balaban J connectivity index is 1.39. The van der Waals surface area contributed by atoms with Crippen molar-refractivity contribution in [3.05, 3.63) is 88.4 Å². The Morgan fingerprint density at radius 1 is 1.03 bits per heavy atom. The molecule has 0 saturated heterocycles. The number of amides is 1. The van der Waals surface area contributed by atoms with Crippen LogP contribution in [0.2, 0.25) is 0 Å². The molecule has 1 aromatic carbocycles. The minimum Gasteiger partial charge on any atom is -0.485 e. The van der Waals surface area contributed by atoms with Crippen molar-refractivity contribution >= 4 is 22.6 Å². The molecule has 0 radical (unpaired) electrons. The first kappa shape index (κ1) is 21.8. The molecule has 8 nitrogen and oxygen atoms in total. The summed E-state index contributed by atoms with van der Waals surface area (Å²) in [5.41, 5.74) is 1.86. The van der Waals surface area contributed by atoms with E-state index in [4.69, 9.17) is 9.72 Å². The lowest BCUT2D eigenvalue weighted by Gasteiger charge is -2.16. The summed E-state index contributed by atoms with van der Waals surface area (Å²) in [7, 11) is 0. The van der Waals surface area contributed by atoms with Crippen LogP contribution in [0.15, 0.2) is 65.8 Å². The predicted octanol–water partition coefficient (Wildman–Crippen LogP) is 4.13. The highest BCUT2D eigenvalue weighted by Gasteiger charge is 2.16. The highest BCUT2D eigenvalue weighted by atomic mass is 16.5. The van der Waals surface area contributed by atoms with Crippen molar-refractivity contribution in [2.24, 2.45) is 0 Å². The van der Waals surface area contributed by atoms with Crippen LogP contribution in [0, 0.1) is 0 Å². The summed E-state index contributed by atoms with van der Waals surface area (Å²) >= 11 is 0. The summed E-state index contributed by atoms with van der Waals surface area (Å²) in [5, 5.41) is 3.35. The zero-order chi connectivity index (χ0) is 23.3. The number of nitrogens with zero attached hydrogens (tertiary/aromatic N) is 4. The molecule has 5 rings (SSSR count). The fraction of sp³-hybridized carbons (Fsp3) is 0.269. The van der Waals surface area contributed by atoms with Crippen LogP contribution in [0.1, 0.15) is 47.4 Å². The van der Waals surface area contributed by atoms with E-state index in [1.54, 1.807) is 53.5 Å². The first-order valence-electron chi connectivity index (χ1n) is 11.5. The minimum absolute atomic E-state index is 0.0367. The van der Waals surface area contributed by atoms with E-state index in [-0.39, 0.29) is 11.5 Å². The number of carbonyl (C=O) groups is 1. The van der Waals surface area contributed by atoms with Gasteiger partial charge in [-0.2, -0.15) is 0 Å². The Labute approximate surface area is 196 Å². The number of hydrogen-bond donors (Lipinski definition) is 1. The number of nitrogens with one attached hydrogen (secondary N) is 1. The van der Waals surface area contributed by atoms with Crippen LogP contribution >= 0.6 is 0 Å². The normalized spacial score (nSPS) is 13.5. The molecule has 4 aromatic rings.